The van der Waals surface area contributed by atoms with Crippen LogP contribution < -0.4 is 63.6 Å². The second-order valence-electron chi connectivity index (χ2n) is 25.9. The molecule has 0 aliphatic carbocycles. The molecular weight excluding hydrogens is 1350 g/mol. The second kappa shape index (κ2) is 34.5. The average molecular weight is 1440 g/mol. The molecular formula is C71H82F2N16O15. The van der Waals surface area contributed by atoms with E-state index in [0.717, 1.165) is 24.6 Å². The number of halogens is 2. The van der Waals surface area contributed by atoms with Crippen LogP contribution in [0.4, 0.5) is 8.78 Å². The van der Waals surface area contributed by atoms with E-state index in [1.807, 2.05) is 0 Å². The molecule has 33 heteroatoms. The van der Waals surface area contributed by atoms with Crippen molar-refractivity contribution >= 4 is 98.7 Å². The van der Waals surface area contributed by atoms with Gasteiger partial charge in [0.05, 0.1) is 26.3 Å². The van der Waals surface area contributed by atoms with Gasteiger partial charge in [-0.3, -0.25) is 62.3 Å². The highest BCUT2D eigenvalue weighted by molar-refractivity contribution is 6.01. The predicted octanol–water partition coefficient (Wildman–Crippen LogP) is 0.348. The molecule has 6 heterocycles. The maximum atomic E-state index is 15.3. The first-order valence-electron chi connectivity index (χ1n) is 33.6. The van der Waals surface area contributed by atoms with Crippen molar-refractivity contribution in [2.75, 3.05) is 20.2 Å². The summed E-state index contributed by atoms with van der Waals surface area (Å²) in [7, 11) is 1.44. The van der Waals surface area contributed by atoms with E-state index in [1.54, 1.807) is 48.5 Å². The molecule has 16 N–H and O–H groups in total. The number of nitrogens with two attached hydrogens (primary N) is 1. The zero-order valence-corrected chi connectivity index (χ0v) is 57.3. The lowest BCUT2D eigenvalue weighted by Gasteiger charge is -2.37. The van der Waals surface area contributed by atoms with E-state index < -0.39 is 174 Å². The van der Waals surface area contributed by atoms with Crippen molar-refractivity contribution in [1.82, 2.24) is 78.0 Å². The van der Waals surface area contributed by atoms with E-state index in [9.17, 15) is 57.0 Å². The highest BCUT2D eigenvalue weighted by Crippen LogP contribution is 2.31. The fraction of sp³-hybridized carbons (Fsp3) is 0.380. The van der Waals surface area contributed by atoms with Gasteiger partial charge in [0, 0.05) is 105 Å². The number of carbonyl (C=O) groups is 13. The van der Waals surface area contributed by atoms with E-state index in [2.05, 4.69) is 73.1 Å². The number of aromatic amines is 3. The van der Waals surface area contributed by atoms with Crippen LogP contribution in [0.5, 0.6) is 5.75 Å². The summed E-state index contributed by atoms with van der Waals surface area (Å²) in [6, 6.07) is 7.62. The summed E-state index contributed by atoms with van der Waals surface area (Å²) in [5.74, 6) is -13.6. The Morgan fingerprint density at radius 2 is 1.22 bits per heavy atom. The van der Waals surface area contributed by atoms with Crippen LogP contribution in [0.15, 0.2) is 110 Å². The van der Waals surface area contributed by atoms with Crippen LogP contribution in [0.2, 0.25) is 0 Å². The molecule has 1 saturated heterocycles. The van der Waals surface area contributed by atoms with E-state index in [0.29, 0.717) is 34.3 Å². The largest absolute Gasteiger partial charge is 0.497 e. The number of carboxylic acid groups (broad SMARTS) is 1. The Hall–Kier alpha value is -12.1. The van der Waals surface area contributed by atoms with Gasteiger partial charge in [-0.15, -0.1) is 0 Å². The molecule has 10 rings (SSSR count). The van der Waals surface area contributed by atoms with Crippen LogP contribution in [-0.4, -0.2) is 181 Å². The summed E-state index contributed by atoms with van der Waals surface area (Å²) < 4.78 is 35.2. The van der Waals surface area contributed by atoms with Crippen molar-refractivity contribution in [3.05, 3.63) is 155 Å². The van der Waals surface area contributed by atoms with Crippen molar-refractivity contribution in [2.45, 2.75) is 152 Å². The summed E-state index contributed by atoms with van der Waals surface area (Å²) in [5.41, 5.74) is 7.49. The lowest BCUT2D eigenvalue weighted by Crippen LogP contribution is -2.63. The summed E-state index contributed by atoms with van der Waals surface area (Å²) in [6.07, 6.45) is 2.18. The lowest BCUT2D eigenvalue weighted by molar-refractivity contribution is -0.147. The molecule has 2 bridgehead atoms. The Labute approximate surface area is 593 Å². The van der Waals surface area contributed by atoms with Crippen molar-refractivity contribution in [1.29, 1.82) is 0 Å². The first kappa shape index (κ1) is 76.1. The minimum Gasteiger partial charge on any atom is -0.497 e. The minimum atomic E-state index is -2.08. The maximum absolute atomic E-state index is 15.3. The minimum absolute atomic E-state index is 0.0421. The van der Waals surface area contributed by atoms with Crippen LogP contribution in [0.1, 0.15) is 92.8 Å². The maximum Gasteiger partial charge on any atom is 0.305 e. The van der Waals surface area contributed by atoms with Gasteiger partial charge < -0.3 is 88.6 Å². The molecule has 31 nitrogen and oxygen atoms in total. The van der Waals surface area contributed by atoms with Crippen LogP contribution in [0.3, 0.4) is 0 Å². The van der Waals surface area contributed by atoms with Gasteiger partial charge >= 0.3 is 5.97 Å². The molecule has 550 valence electrons. The number of hydrogen-bond acceptors (Lipinski definition) is 15. The van der Waals surface area contributed by atoms with Gasteiger partial charge in [-0.1, -0.05) is 36.4 Å². The van der Waals surface area contributed by atoms with Gasteiger partial charge in [-0.05, 0) is 116 Å². The number of rotatable bonds is 13. The zero-order valence-electron chi connectivity index (χ0n) is 57.3. The summed E-state index contributed by atoms with van der Waals surface area (Å²) >= 11 is 0. The normalized spacial score (nSPS) is 23.1. The topological polar surface area (TPSA) is 461 Å². The molecule has 3 aliphatic rings. The number of hydrogen-bond donors (Lipinski definition) is 15. The molecule has 4 aromatic carbocycles. The monoisotopic (exact) mass is 1440 g/mol. The first-order valence-corrected chi connectivity index (χ1v) is 33.6. The number of H-pyrrole nitrogens is 3. The third-order valence-electron chi connectivity index (χ3n) is 18.2. The number of aromatic nitrogens is 4. The number of nitrogens with one attached hydrogen (secondary N) is 13. The Balaban J connectivity index is 1.06. The Bertz CT molecular complexity index is 4360. The number of carbonyl (C=O) groups excluding carboxylic acids is 12. The number of carboxylic acids is 1. The Morgan fingerprint density at radius 3 is 1.79 bits per heavy atom. The number of aliphatic carboxylic acids is 1. The number of nitrogens with zero attached hydrogens (tertiary/aromatic N) is 2. The molecule has 3 aliphatic heterocycles. The van der Waals surface area contributed by atoms with Crippen molar-refractivity contribution in [3.8, 4) is 5.75 Å². The van der Waals surface area contributed by atoms with Crippen molar-refractivity contribution in [2.24, 2.45) is 5.73 Å². The fourth-order valence-corrected chi connectivity index (χ4v) is 12.5. The molecule has 1 fully saturated rings. The van der Waals surface area contributed by atoms with Crippen molar-refractivity contribution in [3.63, 3.8) is 0 Å². The SMILES string of the molecule is COc1ccc(C[C@@H]2NC(=O)[C@H](Cc3cnc[nH]3)NC(=O)[C@H](CC(=O)O)NC(=O)[C@H](Cc3c[nH]c4ccc(F)cc34)NC(=O)[C@H](Cc3c[nH]c4ccc(F)cc34)NC(=O)[C@@H](C)NC(=O)[C@H](NC(C)=O)CCC(=O)NCc3ccc(cc3)CCNC(=O)C[C@@H](C(N)=O)NC(=O)[C@]3(C)CCCN3C2=O)cc1. The average Bonchev–Trinajstić information content (AvgIpc) is 1.61. The van der Waals surface area contributed by atoms with E-state index in [-0.39, 0.29) is 79.3 Å². The number of imidazole rings is 1. The summed E-state index contributed by atoms with van der Waals surface area (Å²) in [5, 5.41) is 36.8. The molecule has 0 unspecified atom stereocenters. The molecule has 9 atom stereocenters. The van der Waals surface area contributed by atoms with E-state index >= 15 is 19.2 Å². The fourth-order valence-electron chi connectivity index (χ4n) is 12.5. The van der Waals surface area contributed by atoms with Gasteiger partial charge in [-0.25, -0.2) is 13.8 Å². The molecule has 0 spiro atoms. The molecule has 7 aromatic rings. The van der Waals surface area contributed by atoms with Crippen LogP contribution in [-0.2, 0) is 101 Å². The third kappa shape index (κ3) is 20.1. The molecule has 3 aromatic heterocycles. The summed E-state index contributed by atoms with van der Waals surface area (Å²) in [6.45, 7) is 3.93. The standard InChI is InChI=1S/C71H82F2N16O15/c1-37-63(96)83-54(25-42-33-77-50-16-12-44(72)27-48(42)50)65(98)84-55(26-43-34-78-51-17-13-45(73)28-49(43)51)66(99)86-57(31-61(93)94)68(101)85-56(29-46-35-75-36-80-46)67(100)87-58(24-40-10-14-47(104-4)15-11-40)69(102)89-23-5-21-71(89,3)70(103)88-53(62(74)95)30-60(92)76-22-20-39-6-8-41(9-7-39)32-79-59(91)19-18-52(64(97)81-37)82-38(2)90/h6-17,27-28,33-37,52-58,77-78H,5,18-26,29-32H2,1-4H3,(H2,74,95)(H,75,80)(H,76,92)(H,79,91)(H,81,97)(H,82,90)(H,83,96)(H,84,98)(H,85,101)(H,86,99)(H,87,100)(H,88,103)(H,93,94)/t37-,52-,53+,54+,55+,56+,57+,58+,71+/m1/s1. The number of benzene rings is 4. The quantitative estimate of drug-likeness (QED) is 0.0693. The van der Waals surface area contributed by atoms with Crippen LogP contribution >= 0.6 is 0 Å². The zero-order chi connectivity index (χ0) is 74.9. The smallest absolute Gasteiger partial charge is 0.305 e. The first-order chi connectivity index (χ1) is 49.6. The van der Waals surface area contributed by atoms with Crippen LogP contribution in [0, 0.1) is 11.6 Å². The highest BCUT2D eigenvalue weighted by Gasteiger charge is 2.49. The number of fused-ring (bicyclic) bond motifs is 35. The second-order valence-corrected chi connectivity index (χ2v) is 25.9. The number of ether oxygens (including phenoxy) is 1. The third-order valence-corrected chi connectivity index (χ3v) is 18.2. The molecule has 0 saturated carbocycles. The number of methoxy groups -OCH3 is 1. The van der Waals surface area contributed by atoms with Gasteiger partial charge in [0.2, 0.25) is 70.9 Å². The van der Waals surface area contributed by atoms with Gasteiger partial charge in [0.15, 0.2) is 0 Å². The predicted molar refractivity (Wildman–Crippen MR) is 369 cm³/mol. The van der Waals surface area contributed by atoms with Crippen LogP contribution in [0.25, 0.3) is 21.8 Å². The van der Waals surface area contributed by atoms with E-state index in [1.165, 1.54) is 75.0 Å². The molecule has 104 heavy (non-hydrogen) atoms. The molecule has 12 amide bonds. The van der Waals surface area contributed by atoms with Gasteiger partial charge in [0.25, 0.3) is 0 Å². The Kier molecular flexibility index (Phi) is 25.3. The molecule has 0 radical (unpaired) electrons. The lowest BCUT2D eigenvalue weighted by atomic mass is 9.95. The number of amides is 12. The number of primary amides is 1. The van der Waals surface area contributed by atoms with Gasteiger partial charge in [0.1, 0.15) is 71.3 Å². The Morgan fingerprint density at radius 1 is 0.654 bits per heavy atom. The summed E-state index contributed by atoms with van der Waals surface area (Å²) in [4.78, 5) is 197. The van der Waals surface area contributed by atoms with Crippen molar-refractivity contribution < 1.29 is 81.0 Å². The van der Waals surface area contributed by atoms with Gasteiger partial charge in [-0.2, -0.15) is 0 Å². The highest BCUT2D eigenvalue weighted by atomic mass is 19.1. The van der Waals surface area contributed by atoms with E-state index in [4.69, 9.17) is 10.5 Å².